The van der Waals surface area contributed by atoms with E-state index in [0.29, 0.717) is 0 Å². The van der Waals surface area contributed by atoms with E-state index in [9.17, 15) is 0 Å². The molecule has 0 radical (unpaired) electrons. The Morgan fingerprint density at radius 2 is 1.67 bits per heavy atom. The fourth-order valence-corrected chi connectivity index (χ4v) is 4.04. The Bertz CT molecular complexity index is 266. The van der Waals surface area contributed by atoms with Gasteiger partial charge in [-0.2, -0.15) is 0 Å². The summed E-state index contributed by atoms with van der Waals surface area (Å²) < 4.78 is 0. The number of hydrogen-bond acceptors (Lipinski definition) is 2. The van der Waals surface area contributed by atoms with Gasteiger partial charge in [-0.05, 0) is 62.9 Å². The van der Waals surface area contributed by atoms with Crippen LogP contribution in [0.1, 0.15) is 40.0 Å². The highest BCUT2D eigenvalue weighted by atomic mass is 15.1. The zero-order chi connectivity index (χ0) is 13.3. The van der Waals surface area contributed by atoms with E-state index in [1.165, 1.54) is 32.4 Å². The minimum atomic E-state index is 0.725. The second kappa shape index (κ2) is 5.92. The maximum absolute atomic E-state index is 3.57. The molecule has 2 heteroatoms. The van der Waals surface area contributed by atoms with E-state index in [0.717, 1.165) is 35.6 Å². The molecule has 1 N–H and O–H groups in total. The topological polar surface area (TPSA) is 15.3 Å². The van der Waals surface area contributed by atoms with Gasteiger partial charge in [0.2, 0.25) is 0 Å². The molecule has 0 aliphatic heterocycles. The Labute approximate surface area is 114 Å². The minimum absolute atomic E-state index is 0.725. The van der Waals surface area contributed by atoms with E-state index in [1.807, 2.05) is 0 Å². The summed E-state index contributed by atoms with van der Waals surface area (Å²) in [6.07, 6.45) is 4.23. The van der Waals surface area contributed by atoms with Crippen molar-refractivity contribution in [2.45, 2.75) is 46.1 Å². The van der Waals surface area contributed by atoms with Crippen LogP contribution in [0.2, 0.25) is 0 Å². The number of nitrogens with one attached hydrogen (secondary N) is 1. The number of rotatable bonds is 5. The highest BCUT2D eigenvalue weighted by Gasteiger charge is 2.36. The first kappa shape index (κ1) is 14.3. The quantitative estimate of drug-likeness (QED) is 0.809. The fourth-order valence-electron chi connectivity index (χ4n) is 4.04. The predicted molar refractivity (Wildman–Crippen MR) is 78.7 cm³/mol. The molecule has 0 aromatic rings. The van der Waals surface area contributed by atoms with Crippen molar-refractivity contribution in [2.75, 3.05) is 27.2 Å². The smallest absolute Gasteiger partial charge is 0.0110 e. The third-order valence-electron chi connectivity index (χ3n) is 5.39. The van der Waals surface area contributed by atoms with Gasteiger partial charge >= 0.3 is 0 Å². The van der Waals surface area contributed by atoms with Crippen LogP contribution in [-0.2, 0) is 0 Å². The SMILES string of the molecule is CNC1CC(C)CC(C)C1CN(C)CC1CC1C. The van der Waals surface area contributed by atoms with Crippen molar-refractivity contribution in [3.05, 3.63) is 0 Å². The summed E-state index contributed by atoms with van der Waals surface area (Å²) in [5.74, 6) is 4.56. The largest absolute Gasteiger partial charge is 0.317 e. The molecule has 0 spiro atoms. The van der Waals surface area contributed by atoms with Gasteiger partial charge in [0, 0.05) is 19.1 Å². The maximum atomic E-state index is 3.57. The first-order chi connectivity index (χ1) is 8.51. The molecule has 2 nitrogen and oxygen atoms in total. The Morgan fingerprint density at radius 3 is 2.22 bits per heavy atom. The zero-order valence-electron chi connectivity index (χ0n) is 12.9. The van der Waals surface area contributed by atoms with Crippen LogP contribution >= 0.6 is 0 Å². The second-order valence-electron chi connectivity index (χ2n) is 7.31. The van der Waals surface area contributed by atoms with E-state index >= 15 is 0 Å². The molecule has 2 rings (SSSR count). The van der Waals surface area contributed by atoms with Gasteiger partial charge in [-0.3, -0.25) is 0 Å². The van der Waals surface area contributed by atoms with E-state index < -0.39 is 0 Å². The van der Waals surface area contributed by atoms with Crippen molar-refractivity contribution < 1.29 is 0 Å². The lowest BCUT2D eigenvalue weighted by Crippen LogP contribution is -2.47. The lowest BCUT2D eigenvalue weighted by atomic mass is 9.72. The van der Waals surface area contributed by atoms with Crippen molar-refractivity contribution in [2.24, 2.45) is 29.6 Å². The third-order valence-corrected chi connectivity index (χ3v) is 5.39. The maximum Gasteiger partial charge on any atom is 0.0110 e. The Kier molecular flexibility index (Phi) is 4.71. The van der Waals surface area contributed by atoms with Crippen molar-refractivity contribution in [3.63, 3.8) is 0 Å². The van der Waals surface area contributed by atoms with Crippen molar-refractivity contribution >= 4 is 0 Å². The number of nitrogens with zero attached hydrogens (tertiary/aromatic N) is 1. The molecule has 6 unspecified atom stereocenters. The molecular formula is C16H32N2. The Morgan fingerprint density at radius 1 is 1.00 bits per heavy atom. The van der Waals surface area contributed by atoms with Gasteiger partial charge < -0.3 is 10.2 Å². The van der Waals surface area contributed by atoms with Crippen LogP contribution in [-0.4, -0.2) is 38.1 Å². The standard InChI is InChI=1S/C16H32N2/c1-11-6-13(3)15(16(7-11)17-4)10-18(5)9-14-8-12(14)2/h11-17H,6-10H2,1-5H3. The highest BCUT2D eigenvalue weighted by molar-refractivity contribution is 4.90. The lowest BCUT2D eigenvalue weighted by molar-refractivity contribution is 0.113. The fraction of sp³-hybridized carbons (Fsp3) is 1.00. The summed E-state index contributed by atoms with van der Waals surface area (Å²) in [6, 6.07) is 0.725. The molecule has 0 heterocycles. The predicted octanol–water partition coefficient (Wildman–Crippen LogP) is 2.84. The van der Waals surface area contributed by atoms with Crippen LogP contribution in [0.5, 0.6) is 0 Å². The lowest BCUT2D eigenvalue weighted by Gasteiger charge is -2.41. The molecule has 0 aromatic carbocycles. The highest BCUT2D eigenvalue weighted by Crippen LogP contribution is 2.39. The molecule has 6 atom stereocenters. The molecule has 0 amide bonds. The molecule has 106 valence electrons. The normalized spacial score (nSPS) is 44.3. The van der Waals surface area contributed by atoms with E-state index in [4.69, 9.17) is 0 Å². The van der Waals surface area contributed by atoms with Gasteiger partial charge in [-0.1, -0.05) is 20.8 Å². The molecule has 0 bridgehead atoms. The molecule has 2 saturated carbocycles. The second-order valence-corrected chi connectivity index (χ2v) is 7.31. The van der Waals surface area contributed by atoms with Gasteiger partial charge in [0.1, 0.15) is 0 Å². The van der Waals surface area contributed by atoms with Crippen molar-refractivity contribution in [1.29, 1.82) is 0 Å². The van der Waals surface area contributed by atoms with Crippen LogP contribution in [0.3, 0.4) is 0 Å². The average molecular weight is 252 g/mol. The zero-order valence-corrected chi connectivity index (χ0v) is 12.9. The van der Waals surface area contributed by atoms with Crippen LogP contribution in [0, 0.1) is 29.6 Å². The molecule has 2 fully saturated rings. The minimum Gasteiger partial charge on any atom is -0.317 e. The third kappa shape index (κ3) is 3.48. The summed E-state index contributed by atoms with van der Waals surface area (Å²) in [5, 5.41) is 3.57. The Hall–Kier alpha value is -0.0800. The molecule has 0 saturated heterocycles. The van der Waals surface area contributed by atoms with Gasteiger partial charge in [-0.25, -0.2) is 0 Å². The molecule has 2 aliphatic carbocycles. The Balaban J connectivity index is 1.84. The van der Waals surface area contributed by atoms with Gasteiger partial charge in [-0.15, -0.1) is 0 Å². The van der Waals surface area contributed by atoms with Gasteiger partial charge in [0.05, 0.1) is 0 Å². The monoisotopic (exact) mass is 252 g/mol. The first-order valence-electron chi connectivity index (χ1n) is 7.87. The molecular weight excluding hydrogens is 220 g/mol. The van der Waals surface area contributed by atoms with E-state index in [2.05, 4.69) is 45.1 Å². The van der Waals surface area contributed by atoms with E-state index in [1.54, 1.807) is 0 Å². The average Bonchev–Trinajstić information content (AvgIpc) is 2.97. The van der Waals surface area contributed by atoms with Crippen molar-refractivity contribution in [3.8, 4) is 0 Å². The van der Waals surface area contributed by atoms with E-state index in [-0.39, 0.29) is 0 Å². The molecule has 0 aromatic heterocycles. The van der Waals surface area contributed by atoms with Gasteiger partial charge in [0.15, 0.2) is 0 Å². The number of hydrogen-bond donors (Lipinski definition) is 1. The summed E-state index contributed by atoms with van der Waals surface area (Å²) in [4.78, 5) is 2.59. The first-order valence-corrected chi connectivity index (χ1v) is 7.87. The summed E-state index contributed by atoms with van der Waals surface area (Å²) in [5.41, 5.74) is 0. The molecule has 18 heavy (non-hydrogen) atoms. The summed E-state index contributed by atoms with van der Waals surface area (Å²) in [7, 11) is 4.47. The molecule has 2 aliphatic rings. The van der Waals surface area contributed by atoms with Crippen LogP contribution in [0.25, 0.3) is 0 Å². The van der Waals surface area contributed by atoms with Crippen LogP contribution in [0.15, 0.2) is 0 Å². The summed E-state index contributed by atoms with van der Waals surface area (Å²) in [6.45, 7) is 9.85. The summed E-state index contributed by atoms with van der Waals surface area (Å²) >= 11 is 0. The van der Waals surface area contributed by atoms with Crippen LogP contribution < -0.4 is 5.32 Å². The van der Waals surface area contributed by atoms with Gasteiger partial charge in [0.25, 0.3) is 0 Å². The van der Waals surface area contributed by atoms with Crippen LogP contribution in [0.4, 0.5) is 0 Å². The van der Waals surface area contributed by atoms with Crippen molar-refractivity contribution in [1.82, 2.24) is 10.2 Å².